The van der Waals surface area contributed by atoms with E-state index in [1.807, 2.05) is 19.1 Å². The van der Waals surface area contributed by atoms with Crippen molar-refractivity contribution in [1.29, 1.82) is 0 Å². The summed E-state index contributed by atoms with van der Waals surface area (Å²) in [7, 11) is 0. The quantitative estimate of drug-likeness (QED) is 0.489. The molecular weight excluding hydrogens is 482 g/mol. The van der Waals surface area contributed by atoms with Gasteiger partial charge in [-0.2, -0.15) is 0 Å². The number of nitrogens with one attached hydrogen (secondary N) is 1. The fourth-order valence-electron chi connectivity index (χ4n) is 2.36. The van der Waals surface area contributed by atoms with Gasteiger partial charge in [0.05, 0.1) is 5.69 Å². The number of carbonyl (C=O) groups is 2. The molecule has 0 bridgehead atoms. The van der Waals surface area contributed by atoms with Crippen LogP contribution in [0.25, 0.3) is 6.08 Å². The van der Waals surface area contributed by atoms with Crippen molar-refractivity contribution >= 4 is 55.5 Å². The smallest absolute Gasteiger partial charge is 0.331 e. The number of amides is 1. The Morgan fingerprint density at radius 3 is 2.59 bits per heavy atom. The van der Waals surface area contributed by atoms with Gasteiger partial charge < -0.3 is 19.5 Å². The number of aryl methyl sites for hydroxylation is 1. The van der Waals surface area contributed by atoms with Crippen LogP contribution in [-0.2, 0) is 14.3 Å². The molecule has 2 aromatic rings. The fourth-order valence-corrected chi connectivity index (χ4v) is 3.97. The highest BCUT2D eigenvalue weighted by Gasteiger charge is 2.13. The van der Waals surface area contributed by atoms with Gasteiger partial charge in [0.25, 0.3) is 5.91 Å². The van der Waals surface area contributed by atoms with Gasteiger partial charge in [0.15, 0.2) is 18.1 Å². The molecule has 2 aromatic carbocycles. The van der Waals surface area contributed by atoms with Gasteiger partial charge in [-0.1, -0.05) is 6.07 Å². The van der Waals surface area contributed by atoms with Gasteiger partial charge >= 0.3 is 5.97 Å². The van der Waals surface area contributed by atoms with Crippen LogP contribution in [0.1, 0.15) is 11.1 Å². The molecule has 0 spiro atoms. The minimum atomic E-state index is -0.621. The summed E-state index contributed by atoms with van der Waals surface area (Å²) in [6.07, 6.45) is 2.83. The van der Waals surface area contributed by atoms with Crippen LogP contribution in [0.5, 0.6) is 11.5 Å². The molecule has 3 rings (SSSR count). The van der Waals surface area contributed by atoms with Crippen LogP contribution in [0.2, 0.25) is 0 Å². The summed E-state index contributed by atoms with van der Waals surface area (Å²) in [5, 5.41) is 2.70. The molecule has 140 valence electrons. The Hall–Kier alpha value is -2.32. The zero-order valence-corrected chi connectivity index (χ0v) is 17.4. The predicted octanol–water partition coefficient (Wildman–Crippen LogP) is 4.44. The van der Waals surface area contributed by atoms with Crippen LogP contribution in [0, 0.1) is 6.92 Å². The van der Waals surface area contributed by atoms with E-state index in [0.717, 1.165) is 20.1 Å². The maximum Gasteiger partial charge on any atom is 0.331 e. The van der Waals surface area contributed by atoms with Gasteiger partial charge in [-0.15, -0.1) is 0 Å². The van der Waals surface area contributed by atoms with Crippen molar-refractivity contribution in [3.8, 4) is 11.5 Å². The molecule has 0 saturated carbocycles. The molecule has 27 heavy (non-hydrogen) atoms. The third kappa shape index (κ3) is 5.11. The van der Waals surface area contributed by atoms with Crippen molar-refractivity contribution in [3.63, 3.8) is 0 Å². The molecule has 0 radical (unpaired) electrons. The van der Waals surface area contributed by atoms with Crippen LogP contribution in [0.3, 0.4) is 0 Å². The lowest BCUT2D eigenvalue weighted by Crippen LogP contribution is -2.20. The van der Waals surface area contributed by atoms with E-state index in [2.05, 4.69) is 37.2 Å². The van der Waals surface area contributed by atoms with Crippen LogP contribution in [0.15, 0.2) is 45.4 Å². The summed E-state index contributed by atoms with van der Waals surface area (Å²) in [5.41, 5.74) is 2.37. The monoisotopic (exact) mass is 495 g/mol. The summed E-state index contributed by atoms with van der Waals surface area (Å²) in [4.78, 5) is 23.8. The number of halogens is 2. The maximum absolute atomic E-state index is 12.0. The molecule has 1 heterocycles. The lowest BCUT2D eigenvalue weighted by Gasteiger charge is -2.10. The third-order valence-corrected chi connectivity index (χ3v) is 4.86. The normalized spacial score (nSPS) is 12.3. The summed E-state index contributed by atoms with van der Waals surface area (Å²) < 4.78 is 16.9. The number of fused-ring (bicyclic) bond motifs is 1. The Balaban J connectivity index is 1.52. The zero-order valence-electron chi connectivity index (χ0n) is 14.3. The molecule has 0 atom stereocenters. The van der Waals surface area contributed by atoms with Gasteiger partial charge in [-0.25, -0.2) is 4.79 Å². The fraction of sp³-hybridized carbons (Fsp3) is 0.158. The first-order chi connectivity index (χ1) is 12.9. The number of rotatable bonds is 5. The Bertz CT molecular complexity index is 903. The minimum absolute atomic E-state index is 0.187. The second kappa shape index (κ2) is 8.58. The van der Waals surface area contributed by atoms with Crippen molar-refractivity contribution in [1.82, 2.24) is 0 Å². The van der Waals surface area contributed by atoms with Crippen molar-refractivity contribution in [2.24, 2.45) is 0 Å². The van der Waals surface area contributed by atoms with Gasteiger partial charge in [0.1, 0.15) is 0 Å². The number of carbonyl (C=O) groups excluding carboxylic acids is 2. The standard InChI is InChI=1S/C19H15Br2NO5/c1-11-6-13(20)19(14(21)7-11)22-17(23)9-25-18(24)5-3-12-2-4-15-16(8-12)27-10-26-15/h2-8H,9-10H2,1H3,(H,22,23)/b5-3+. The molecule has 0 aromatic heterocycles. The number of anilines is 1. The molecule has 0 aliphatic carbocycles. The van der Waals surface area contributed by atoms with Crippen molar-refractivity contribution < 1.29 is 23.8 Å². The van der Waals surface area contributed by atoms with E-state index < -0.39 is 18.5 Å². The number of ether oxygens (including phenoxy) is 3. The van der Waals surface area contributed by atoms with Crippen molar-refractivity contribution in [2.45, 2.75) is 6.92 Å². The number of hydrogen-bond donors (Lipinski definition) is 1. The lowest BCUT2D eigenvalue weighted by molar-refractivity contribution is -0.142. The average molecular weight is 497 g/mol. The molecule has 8 heteroatoms. The highest BCUT2D eigenvalue weighted by atomic mass is 79.9. The van der Waals surface area contributed by atoms with Gasteiger partial charge in [-0.05, 0) is 80.3 Å². The second-order valence-electron chi connectivity index (χ2n) is 5.71. The molecule has 0 unspecified atom stereocenters. The van der Waals surface area contributed by atoms with Crippen LogP contribution < -0.4 is 14.8 Å². The Morgan fingerprint density at radius 2 is 1.85 bits per heavy atom. The van der Waals surface area contributed by atoms with Crippen LogP contribution >= 0.6 is 31.9 Å². The number of esters is 1. The van der Waals surface area contributed by atoms with Gasteiger partial charge in [0.2, 0.25) is 6.79 Å². The number of benzene rings is 2. The summed E-state index contributed by atoms with van der Waals surface area (Å²) in [6.45, 7) is 1.74. The highest BCUT2D eigenvalue weighted by molar-refractivity contribution is 9.11. The first-order valence-electron chi connectivity index (χ1n) is 7.92. The van der Waals surface area contributed by atoms with Gasteiger partial charge in [0, 0.05) is 15.0 Å². The van der Waals surface area contributed by atoms with Crippen molar-refractivity contribution in [2.75, 3.05) is 18.7 Å². The topological polar surface area (TPSA) is 73.9 Å². The number of hydrogen-bond acceptors (Lipinski definition) is 5. The van der Waals surface area contributed by atoms with Crippen molar-refractivity contribution in [3.05, 3.63) is 56.5 Å². The Morgan fingerprint density at radius 1 is 1.15 bits per heavy atom. The summed E-state index contributed by atoms with van der Waals surface area (Å²) in [5.74, 6) is 0.230. The highest BCUT2D eigenvalue weighted by Crippen LogP contribution is 2.33. The molecule has 1 aliphatic heterocycles. The SMILES string of the molecule is Cc1cc(Br)c(NC(=O)COC(=O)/C=C/c2ccc3c(c2)OCO3)c(Br)c1. The average Bonchev–Trinajstić information content (AvgIpc) is 3.09. The second-order valence-corrected chi connectivity index (χ2v) is 7.41. The molecular formula is C19H15Br2NO5. The van der Waals surface area contributed by atoms with E-state index in [0.29, 0.717) is 17.2 Å². The first-order valence-corrected chi connectivity index (χ1v) is 9.51. The maximum atomic E-state index is 12.0. The Labute approximate surface area is 172 Å². The summed E-state index contributed by atoms with van der Waals surface area (Å²) >= 11 is 6.79. The van der Waals surface area contributed by atoms with Crippen LogP contribution in [0.4, 0.5) is 5.69 Å². The lowest BCUT2D eigenvalue weighted by atomic mass is 10.2. The van der Waals surface area contributed by atoms with E-state index in [1.165, 1.54) is 6.08 Å². The molecule has 6 nitrogen and oxygen atoms in total. The largest absolute Gasteiger partial charge is 0.454 e. The Kier molecular flexibility index (Phi) is 6.18. The first kappa shape index (κ1) is 19.4. The molecule has 1 N–H and O–H groups in total. The molecule has 1 aliphatic rings. The summed E-state index contributed by atoms with van der Waals surface area (Å²) in [6, 6.07) is 9.06. The molecule has 0 fully saturated rings. The van der Waals surface area contributed by atoms with E-state index in [1.54, 1.807) is 24.3 Å². The van der Waals surface area contributed by atoms with E-state index in [4.69, 9.17) is 14.2 Å². The zero-order chi connectivity index (χ0) is 19.4. The third-order valence-electron chi connectivity index (χ3n) is 3.60. The van der Waals surface area contributed by atoms with E-state index in [-0.39, 0.29) is 6.79 Å². The van der Waals surface area contributed by atoms with E-state index in [9.17, 15) is 9.59 Å². The predicted molar refractivity (Wildman–Crippen MR) is 108 cm³/mol. The van der Waals surface area contributed by atoms with Crippen LogP contribution in [-0.4, -0.2) is 25.3 Å². The molecule has 0 saturated heterocycles. The van der Waals surface area contributed by atoms with E-state index >= 15 is 0 Å². The molecule has 1 amide bonds. The van der Waals surface area contributed by atoms with Gasteiger partial charge in [-0.3, -0.25) is 4.79 Å². The minimum Gasteiger partial charge on any atom is -0.454 e.